The first-order chi connectivity index (χ1) is 17.6. The van der Waals surface area contributed by atoms with Crippen LogP contribution in [0.1, 0.15) is 6.42 Å². The summed E-state index contributed by atoms with van der Waals surface area (Å²) in [5.74, 6) is -1.04. The van der Waals surface area contributed by atoms with Gasteiger partial charge in [0.1, 0.15) is 12.4 Å². The quantitative estimate of drug-likeness (QED) is 0.383. The second-order valence-corrected chi connectivity index (χ2v) is 12.0. The number of fused-ring (bicyclic) bond motifs is 1. The van der Waals surface area contributed by atoms with Crippen molar-refractivity contribution in [3.8, 4) is 17.1 Å². The van der Waals surface area contributed by atoms with Crippen molar-refractivity contribution in [1.82, 2.24) is 18.7 Å². The van der Waals surface area contributed by atoms with Crippen molar-refractivity contribution in [2.24, 2.45) is 11.7 Å². The number of nitrogens with zero attached hydrogens (tertiary/aromatic N) is 4. The molecule has 2 aromatic carbocycles. The Kier molecular flexibility index (Phi) is 6.47. The van der Waals surface area contributed by atoms with Crippen LogP contribution in [0, 0.1) is 5.92 Å². The molecule has 0 spiro atoms. The summed E-state index contributed by atoms with van der Waals surface area (Å²) in [7, 11) is -3.23. The van der Waals surface area contributed by atoms with Crippen molar-refractivity contribution in [3.63, 3.8) is 0 Å². The Morgan fingerprint density at radius 1 is 1.05 bits per heavy atom. The predicted molar refractivity (Wildman–Crippen MR) is 141 cm³/mol. The van der Waals surface area contributed by atoms with Gasteiger partial charge in [-0.1, -0.05) is 35.3 Å². The summed E-state index contributed by atoms with van der Waals surface area (Å²) >= 11 is 12.6. The minimum absolute atomic E-state index is 0.00675. The fourth-order valence-electron chi connectivity index (χ4n) is 4.64. The highest BCUT2D eigenvalue weighted by molar-refractivity contribution is 7.91. The molecule has 5 rings (SSSR count). The van der Waals surface area contributed by atoms with Crippen molar-refractivity contribution < 1.29 is 13.2 Å². The smallest absolute Gasteiger partial charge is 0.333 e. The summed E-state index contributed by atoms with van der Waals surface area (Å²) in [6.07, 6.45) is 0.362. The first kappa shape index (κ1) is 25.2. The number of benzene rings is 2. The Hall–Kier alpha value is -3.41. The summed E-state index contributed by atoms with van der Waals surface area (Å²) in [6.45, 7) is -0.656. The molecule has 192 valence electrons. The fourth-order valence-corrected chi connectivity index (χ4v) is 6.83. The zero-order valence-corrected chi connectivity index (χ0v) is 21.6. The molecule has 0 radical (unpaired) electrons. The number of hydrogen-bond acceptors (Lipinski definition) is 6. The molecule has 2 N–H and O–H groups in total. The monoisotopic (exact) mass is 561 g/mol. The van der Waals surface area contributed by atoms with Crippen LogP contribution < -0.4 is 17.0 Å². The van der Waals surface area contributed by atoms with E-state index in [-0.39, 0.29) is 41.0 Å². The van der Waals surface area contributed by atoms with Crippen molar-refractivity contribution in [1.29, 1.82) is 0 Å². The van der Waals surface area contributed by atoms with Crippen LogP contribution in [-0.4, -0.2) is 44.5 Å². The van der Waals surface area contributed by atoms with Gasteiger partial charge >= 0.3 is 5.69 Å². The van der Waals surface area contributed by atoms with E-state index in [0.29, 0.717) is 27.7 Å². The van der Waals surface area contributed by atoms with E-state index in [4.69, 9.17) is 33.9 Å². The molecule has 0 bridgehead atoms. The van der Waals surface area contributed by atoms with Gasteiger partial charge in [-0.05, 0) is 48.7 Å². The van der Waals surface area contributed by atoms with Gasteiger partial charge in [-0.3, -0.25) is 18.7 Å². The standard InChI is InChI=1S/C24H21Cl2N5O5S/c25-15-5-7-16(8-6-15)31-20-22(28-21(31)17-3-1-2-4-18(17)26)29(11-14-9-10-37(35,36)13-14)24(34)30(23(20)33)12-19(27)32/h1-8,14H,9-13H2,(H2,27,32). The molecule has 1 amide bonds. The Bertz CT molecular complexity index is 1770. The molecular formula is C24H21Cl2N5O5S. The zero-order chi connectivity index (χ0) is 26.5. The topological polar surface area (TPSA) is 139 Å². The van der Waals surface area contributed by atoms with Crippen LogP contribution in [0.25, 0.3) is 28.2 Å². The van der Waals surface area contributed by atoms with Crippen LogP contribution >= 0.6 is 23.2 Å². The molecule has 4 aromatic rings. The Balaban J connectivity index is 1.88. The first-order valence-electron chi connectivity index (χ1n) is 11.3. The van der Waals surface area contributed by atoms with Gasteiger partial charge in [0, 0.05) is 22.8 Å². The third-order valence-corrected chi connectivity index (χ3v) is 8.72. The number of primary amides is 1. The number of rotatable bonds is 6. The number of hydrogen-bond donors (Lipinski definition) is 1. The maximum Gasteiger partial charge on any atom is 0.333 e. The number of nitrogens with two attached hydrogens (primary N) is 1. The second kappa shape index (κ2) is 9.47. The van der Waals surface area contributed by atoms with Crippen LogP contribution in [-0.2, 0) is 27.7 Å². The lowest BCUT2D eigenvalue weighted by Crippen LogP contribution is -2.44. The maximum absolute atomic E-state index is 13.7. The predicted octanol–water partition coefficient (Wildman–Crippen LogP) is 2.24. The van der Waals surface area contributed by atoms with Gasteiger partial charge in [-0.15, -0.1) is 0 Å². The van der Waals surface area contributed by atoms with Gasteiger partial charge in [0.2, 0.25) is 5.91 Å². The van der Waals surface area contributed by atoms with E-state index in [0.717, 1.165) is 4.57 Å². The summed E-state index contributed by atoms with van der Waals surface area (Å²) in [5, 5.41) is 0.833. The van der Waals surface area contributed by atoms with E-state index >= 15 is 0 Å². The third-order valence-electron chi connectivity index (χ3n) is 6.31. The molecule has 2 aromatic heterocycles. The number of aromatic nitrogens is 4. The van der Waals surface area contributed by atoms with Gasteiger partial charge in [0.05, 0.1) is 16.5 Å². The lowest BCUT2D eigenvalue weighted by molar-refractivity contribution is -0.118. The van der Waals surface area contributed by atoms with E-state index in [1.807, 2.05) is 0 Å². The number of halogens is 2. The van der Waals surface area contributed by atoms with Gasteiger partial charge in [-0.25, -0.2) is 22.8 Å². The molecule has 1 aliphatic heterocycles. The molecule has 13 heteroatoms. The van der Waals surface area contributed by atoms with Gasteiger partial charge in [0.15, 0.2) is 21.0 Å². The molecule has 0 saturated carbocycles. The molecule has 1 unspecified atom stereocenters. The van der Waals surface area contributed by atoms with Crippen molar-refractivity contribution in [2.45, 2.75) is 19.5 Å². The fraction of sp³-hybridized carbons (Fsp3) is 0.250. The molecule has 1 atom stereocenters. The van der Waals surface area contributed by atoms with Gasteiger partial charge < -0.3 is 5.73 Å². The molecule has 10 nitrogen and oxygen atoms in total. The van der Waals surface area contributed by atoms with E-state index in [9.17, 15) is 22.8 Å². The number of amides is 1. The zero-order valence-electron chi connectivity index (χ0n) is 19.3. The first-order valence-corrected chi connectivity index (χ1v) is 13.9. The van der Waals surface area contributed by atoms with Crippen molar-refractivity contribution >= 4 is 50.1 Å². The number of carbonyl (C=O) groups excluding carboxylic acids is 1. The number of sulfone groups is 1. The van der Waals surface area contributed by atoms with E-state index in [1.54, 1.807) is 53.1 Å². The van der Waals surface area contributed by atoms with Crippen LogP contribution in [0.3, 0.4) is 0 Å². The average molecular weight is 562 g/mol. The average Bonchev–Trinajstić information content (AvgIpc) is 3.40. The lowest BCUT2D eigenvalue weighted by Gasteiger charge is -2.15. The van der Waals surface area contributed by atoms with Crippen LogP contribution in [0.15, 0.2) is 58.1 Å². The van der Waals surface area contributed by atoms with Crippen LogP contribution in [0.4, 0.5) is 0 Å². The SMILES string of the molecule is NC(=O)Cn1c(=O)c2c(nc(-c3ccccc3Cl)n2-c2ccc(Cl)cc2)n(CC2CCS(=O)(=O)C2)c1=O. The highest BCUT2D eigenvalue weighted by Crippen LogP contribution is 2.32. The molecular weight excluding hydrogens is 541 g/mol. The molecule has 1 saturated heterocycles. The summed E-state index contributed by atoms with van der Waals surface area (Å²) < 4.78 is 27.7. The highest BCUT2D eigenvalue weighted by atomic mass is 35.5. The Morgan fingerprint density at radius 3 is 2.38 bits per heavy atom. The summed E-state index contributed by atoms with van der Waals surface area (Å²) in [6, 6.07) is 13.5. The Morgan fingerprint density at radius 2 is 1.76 bits per heavy atom. The second-order valence-electron chi connectivity index (χ2n) is 8.92. The summed E-state index contributed by atoms with van der Waals surface area (Å²) in [5.41, 5.74) is 4.86. The highest BCUT2D eigenvalue weighted by Gasteiger charge is 2.31. The van der Waals surface area contributed by atoms with Crippen LogP contribution in [0.2, 0.25) is 10.0 Å². The molecule has 1 aliphatic rings. The van der Waals surface area contributed by atoms with Gasteiger partial charge in [0.25, 0.3) is 5.56 Å². The lowest BCUT2D eigenvalue weighted by atomic mass is 10.1. The number of imidazole rings is 1. The molecule has 1 fully saturated rings. The molecule has 3 heterocycles. The van der Waals surface area contributed by atoms with Crippen LogP contribution in [0.5, 0.6) is 0 Å². The number of carbonyl (C=O) groups is 1. The molecule has 37 heavy (non-hydrogen) atoms. The normalized spacial score (nSPS) is 16.9. The van der Waals surface area contributed by atoms with E-state index in [2.05, 4.69) is 0 Å². The van der Waals surface area contributed by atoms with Crippen molar-refractivity contribution in [3.05, 3.63) is 79.4 Å². The van der Waals surface area contributed by atoms with E-state index in [1.165, 1.54) is 4.57 Å². The van der Waals surface area contributed by atoms with Crippen molar-refractivity contribution in [2.75, 3.05) is 11.5 Å². The Labute approximate surface area is 220 Å². The summed E-state index contributed by atoms with van der Waals surface area (Å²) in [4.78, 5) is 43.7. The largest absolute Gasteiger partial charge is 0.368 e. The van der Waals surface area contributed by atoms with Gasteiger partial charge in [-0.2, -0.15) is 0 Å². The minimum atomic E-state index is -3.23. The minimum Gasteiger partial charge on any atom is -0.368 e. The maximum atomic E-state index is 13.7. The third kappa shape index (κ3) is 4.70. The molecule has 0 aliphatic carbocycles. The van der Waals surface area contributed by atoms with E-state index < -0.39 is 33.5 Å².